The summed E-state index contributed by atoms with van der Waals surface area (Å²) < 4.78 is 0. The van der Waals surface area contributed by atoms with Gasteiger partial charge in [-0.3, -0.25) is 0 Å². The normalized spacial score (nSPS) is 13.6. The van der Waals surface area contributed by atoms with E-state index in [2.05, 4.69) is 66.7 Å². The minimum atomic E-state index is 1.09. The van der Waals surface area contributed by atoms with E-state index in [-0.39, 0.29) is 0 Å². The maximum Gasteiger partial charge on any atom is 0.0437 e. The van der Waals surface area contributed by atoms with Crippen molar-refractivity contribution in [1.82, 2.24) is 0 Å². The molecule has 1 N–H and O–H groups in total. The van der Waals surface area contributed by atoms with Crippen LogP contribution in [-0.2, 0) is 6.42 Å². The second-order valence-electron chi connectivity index (χ2n) is 5.22. The minimum absolute atomic E-state index is 1.09. The van der Waals surface area contributed by atoms with Crippen LogP contribution in [0.1, 0.15) is 17.5 Å². The van der Waals surface area contributed by atoms with Crippen molar-refractivity contribution in [3.63, 3.8) is 0 Å². The second-order valence-corrected chi connectivity index (χ2v) is 5.22. The van der Waals surface area contributed by atoms with Gasteiger partial charge in [-0.2, -0.15) is 0 Å². The highest BCUT2D eigenvalue weighted by molar-refractivity contribution is 5.70. The van der Waals surface area contributed by atoms with Crippen molar-refractivity contribution in [3.05, 3.63) is 53.6 Å². The van der Waals surface area contributed by atoms with E-state index in [0.717, 1.165) is 6.54 Å². The van der Waals surface area contributed by atoms with E-state index in [1.54, 1.807) is 0 Å². The quantitative estimate of drug-likeness (QED) is 0.865. The first-order chi connectivity index (χ1) is 9.25. The largest absolute Gasteiger partial charge is 0.385 e. The summed E-state index contributed by atoms with van der Waals surface area (Å²) in [6, 6.07) is 15.2. The molecule has 2 aromatic carbocycles. The number of hydrogen-bond acceptors (Lipinski definition) is 2. The van der Waals surface area contributed by atoms with E-state index >= 15 is 0 Å². The lowest BCUT2D eigenvalue weighted by Gasteiger charge is -2.25. The number of hydrogen-bond donors (Lipinski definition) is 1. The van der Waals surface area contributed by atoms with Crippen molar-refractivity contribution in [2.45, 2.75) is 19.8 Å². The molecule has 0 amide bonds. The third-order valence-corrected chi connectivity index (χ3v) is 3.90. The summed E-state index contributed by atoms with van der Waals surface area (Å²) in [6.07, 6.45) is 2.43. The first-order valence-corrected chi connectivity index (χ1v) is 6.92. The summed E-state index contributed by atoms with van der Waals surface area (Å²) in [7, 11) is 2.13. The van der Waals surface area contributed by atoms with Crippen molar-refractivity contribution in [1.29, 1.82) is 0 Å². The van der Waals surface area contributed by atoms with Gasteiger partial charge in [0.2, 0.25) is 0 Å². The predicted molar refractivity (Wildman–Crippen MR) is 82.5 cm³/mol. The van der Waals surface area contributed by atoms with Crippen LogP contribution in [-0.4, -0.2) is 13.6 Å². The molecule has 1 heterocycles. The van der Waals surface area contributed by atoms with Gasteiger partial charge in [-0.05, 0) is 49.1 Å². The molecule has 0 aromatic heterocycles. The second kappa shape index (κ2) is 4.96. The van der Waals surface area contributed by atoms with Crippen LogP contribution in [0.4, 0.5) is 17.1 Å². The number of anilines is 3. The van der Waals surface area contributed by atoms with Crippen LogP contribution in [0.3, 0.4) is 0 Å². The Morgan fingerprint density at radius 2 is 1.95 bits per heavy atom. The number of para-hydroxylation sites is 1. The summed E-state index contributed by atoms with van der Waals surface area (Å²) in [5.74, 6) is 0. The molecule has 0 aliphatic carbocycles. The number of fused-ring (bicyclic) bond motifs is 1. The fourth-order valence-corrected chi connectivity index (χ4v) is 2.74. The Hall–Kier alpha value is -1.96. The average molecular weight is 252 g/mol. The highest BCUT2D eigenvalue weighted by atomic mass is 15.1. The molecule has 98 valence electrons. The Morgan fingerprint density at radius 1 is 1.11 bits per heavy atom. The summed E-state index contributed by atoms with van der Waals surface area (Å²) in [5, 5.41) is 3.50. The number of aryl methyl sites for hydroxylation is 2. The summed E-state index contributed by atoms with van der Waals surface area (Å²) in [4.78, 5) is 2.26. The van der Waals surface area contributed by atoms with E-state index in [9.17, 15) is 0 Å². The molecule has 0 atom stereocenters. The first-order valence-electron chi connectivity index (χ1n) is 6.92. The SMILES string of the molecule is Cc1ccccc1N(C)c1ccc2c(c1)NCCC2. The van der Waals surface area contributed by atoms with Gasteiger partial charge in [0.05, 0.1) is 0 Å². The maximum atomic E-state index is 3.50. The third-order valence-electron chi connectivity index (χ3n) is 3.90. The molecule has 0 unspecified atom stereocenters. The lowest BCUT2D eigenvalue weighted by Crippen LogP contribution is -2.14. The number of nitrogens with one attached hydrogen (secondary N) is 1. The Kier molecular flexibility index (Phi) is 3.16. The van der Waals surface area contributed by atoms with E-state index in [1.165, 1.54) is 41.0 Å². The van der Waals surface area contributed by atoms with Crippen LogP contribution in [0.2, 0.25) is 0 Å². The molecule has 0 saturated carbocycles. The highest BCUT2D eigenvalue weighted by Gasteiger charge is 2.12. The zero-order valence-corrected chi connectivity index (χ0v) is 11.6. The molecule has 2 nitrogen and oxygen atoms in total. The van der Waals surface area contributed by atoms with E-state index in [0.29, 0.717) is 0 Å². The Bertz CT molecular complexity index is 590. The third kappa shape index (κ3) is 2.30. The van der Waals surface area contributed by atoms with Crippen molar-refractivity contribution in [3.8, 4) is 0 Å². The predicted octanol–water partition coefficient (Wildman–Crippen LogP) is 4.12. The summed E-state index contributed by atoms with van der Waals surface area (Å²) in [5.41, 5.74) is 6.54. The highest BCUT2D eigenvalue weighted by Crippen LogP contribution is 2.31. The Labute approximate surface area is 115 Å². The van der Waals surface area contributed by atoms with Gasteiger partial charge in [-0.1, -0.05) is 24.3 Å². The topological polar surface area (TPSA) is 15.3 Å². The van der Waals surface area contributed by atoms with Crippen LogP contribution >= 0.6 is 0 Å². The van der Waals surface area contributed by atoms with Gasteiger partial charge in [0.25, 0.3) is 0 Å². The van der Waals surface area contributed by atoms with Crippen LogP contribution in [0.15, 0.2) is 42.5 Å². The van der Waals surface area contributed by atoms with Crippen LogP contribution in [0, 0.1) is 6.92 Å². The van der Waals surface area contributed by atoms with Crippen molar-refractivity contribution in [2.24, 2.45) is 0 Å². The Morgan fingerprint density at radius 3 is 2.79 bits per heavy atom. The number of rotatable bonds is 2. The van der Waals surface area contributed by atoms with Gasteiger partial charge in [-0.15, -0.1) is 0 Å². The Balaban J connectivity index is 1.96. The van der Waals surface area contributed by atoms with Gasteiger partial charge >= 0.3 is 0 Å². The molecular weight excluding hydrogens is 232 g/mol. The molecule has 0 saturated heterocycles. The van der Waals surface area contributed by atoms with Gasteiger partial charge in [0.1, 0.15) is 0 Å². The molecule has 0 bridgehead atoms. The number of benzene rings is 2. The zero-order chi connectivity index (χ0) is 13.2. The molecule has 0 radical (unpaired) electrons. The summed E-state index contributed by atoms with van der Waals surface area (Å²) >= 11 is 0. The van der Waals surface area contributed by atoms with Crippen LogP contribution in [0.5, 0.6) is 0 Å². The average Bonchev–Trinajstić information content (AvgIpc) is 2.46. The molecule has 3 rings (SSSR count). The van der Waals surface area contributed by atoms with Crippen molar-refractivity contribution >= 4 is 17.1 Å². The van der Waals surface area contributed by atoms with E-state index in [1.807, 2.05) is 0 Å². The lowest BCUT2D eigenvalue weighted by atomic mass is 10.0. The van der Waals surface area contributed by atoms with Crippen LogP contribution in [0.25, 0.3) is 0 Å². The molecule has 2 heteroatoms. The molecule has 1 aliphatic rings. The zero-order valence-electron chi connectivity index (χ0n) is 11.6. The smallest absolute Gasteiger partial charge is 0.0437 e. The molecule has 1 aliphatic heterocycles. The fraction of sp³-hybridized carbons (Fsp3) is 0.294. The first kappa shape index (κ1) is 12.1. The monoisotopic (exact) mass is 252 g/mol. The van der Waals surface area contributed by atoms with E-state index in [4.69, 9.17) is 0 Å². The minimum Gasteiger partial charge on any atom is -0.385 e. The standard InChI is InChI=1S/C17H20N2/c1-13-6-3-4-8-17(13)19(2)15-10-9-14-7-5-11-18-16(14)12-15/h3-4,6,8-10,12,18H,5,7,11H2,1-2H3. The molecule has 0 spiro atoms. The maximum absolute atomic E-state index is 3.50. The lowest BCUT2D eigenvalue weighted by molar-refractivity contribution is 0.830. The summed E-state index contributed by atoms with van der Waals surface area (Å²) in [6.45, 7) is 3.24. The van der Waals surface area contributed by atoms with E-state index < -0.39 is 0 Å². The van der Waals surface area contributed by atoms with Gasteiger partial charge in [0.15, 0.2) is 0 Å². The van der Waals surface area contributed by atoms with Gasteiger partial charge in [-0.25, -0.2) is 0 Å². The van der Waals surface area contributed by atoms with Crippen molar-refractivity contribution in [2.75, 3.05) is 23.8 Å². The molecule has 19 heavy (non-hydrogen) atoms. The fourth-order valence-electron chi connectivity index (χ4n) is 2.74. The molecular formula is C17H20N2. The van der Waals surface area contributed by atoms with Crippen LogP contribution < -0.4 is 10.2 Å². The van der Waals surface area contributed by atoms with Gasteiger partial charge < -0.3 is 10.2 Å². The van der Waals surface area contributed by atoms with Gasteiger partial charge in [0, 0.05) is 30.7 Å². The molecule has 0 fully saturated rings. The molecule has 2 aromatic rings. The van der Waals surface area contributed by atoms with Crippen molar-refractivity contribution < 1.29 is 0 Å². The number of nitrogens with zero attached hydrogens (tertiary/aromatic N) is 1.